The summed E-state index contributed by atoms with van der Waals surface area (Å²) in [7, 11) is 1.79. The molecule has 0 spiro atoms. The Morgan fingerprint density at radius 1 is 1.55 bits per heavy atom. The average Bonchev–Trinajstić information content (AvgIpc) is 1.82. The van der Waals surface area contributed by atoms with E-state index >= 15 is 0 Å². The van der Waals surface area contributed by atoms with Crippen LogP contribution in [0.3, 0.4) is 0 Å². The smallest absolute Gasteiger partial charge is 0.0507 e. The van der Waals surface area contributed by atoms with Crippen molar-refractivity contribution in [2.24, 2.45) is 11.8 Å². The molecule has 0 aromatic carbocycles. The largest absolute Gasteiger partial charge is 0.384 e. The summed E-state index contributed by atoms with van der Waals surface area (Å²) in [5, 5.41) is 3.43. The van der Waals surface area contributed by atoms with Gasteiger partial charge in [0.15, 0.2) is 0 Å². The summed E-state index contributed by atoms with van der Waals surface area (Å²) in [6.45, 7) is 6.63. The summed E-state index contributed by atoms with van der Waals surface area (Å²) in [6.07, 6.45) is 1.33. The summed E-state index contributed by atoms with van der Waals surface area (Å²) in [4.78, 5) is 0. The molecule has 2 atom stereocenters. The van der Waals surface area contributed by atoms with Crippen LogP contribution in [0, 0.1) is 11.8 Å². The number of ether oxygens (including phenoxy) is 1. The first-order chi connectivity index (χ1) is 5.25. The molecule has 1 rings (SSSR count). The zero-order chi connectivity index (χ0) is 8.27. The zero-order valence-electron chi connectivity index (χ0n) is 7.76. The van der Waals surface area contributed by atoms with Crippen molar-refractivity contribution in [2.75, 3.05) is 20.3 Å². The lowest BCUT2D eigenvalue weighted by atomic mass is 9.84. The van der Waals surface area contributed by atoms with Gasteiger partial charge in [-0.1, -0.05) is 13.8 Å². The lowest BCUT2D eigenvalue weighted by molar-refractivity contribution is 0.0842. The molecule has 0 aromatic heterocycles. The van der Waals surface area contributed by atoms with Crippen molar-refractivity contribution in [1.29, 1.82) is 0 Å². The maximum absolute atomic E-state index is 5.18. The molecule has 0 amide bonds. The molecule has 66 valence electrons. The van der Waals surface area contributed by atoms with Crippen LogP contribution < -0.4 is 5.32 Å². The van der Waals surface area contributed by atoms with Crippen LogP contribution in [0.25, 0.3) is 0 Å². The van der Waals surface area contributed by atoms with Crippen molar-refractivity contribution in [3.05, 3.63) is 0 Å². The number of hydrogen-bond acceptors (Lipinski definition) is 2. The van der Waals surface area contributed by atoms with Crippen LogP contribution in [0.5, 0.6) is 0 Å². The Balaban J connectivity index is 2.31. The van der Waals surface area contributed by atoms with Crippen LogP contribution in [0.2, 0.25) is 0 Å². The third-order valence-electron chi connectivity index (χ3n) is 2.59. The lowest BCUT2D eigenvalue weighted by Crippen LogP contribution is -2.50. The van der Waals surface area contributed by atoms with Crippen LogP contribution in [0.4, 0.5) is 0 Å². The van der Waals surface area contributed by atoms with Gasteiger partial charge in [-0.25, -0.2) is 0 Å². The highest BCUT2D eigenvalue weighted by Gasteiger charge is 2.28. The normalized spacial score (nSPS) is 26.7. The van der Waals surface area contributed by atoms with Gasteiger partial charge in [0.1, 0.15) is 0 Å². The maximum Gasteiger partial charge on any atom is 0.0507 e. The van der Waals surface area contributed by atoms with Crippen LogP contribution >= 0.6 is 0 Å². The van der Waals surface area contributed by atoms with Gasteiger partial charge in [-0.2, -0.15) is 0 Å². The van der Waals surface area contributed by atoms with Gasteiger partial charge < -0.3 is 10.1 Å². The minimum absolute atomic E-state index is 0.703. The van der Waals surface area contributed by atoms with E-state index in [1.54, 1.807) is 7.11 Å². The summed E-state index contributed by atoms with van der Waals surface area (Å²) in [5.74, 6) is 1.43. The molecule has 0 aromatic rings. The molecule has 1 aliphatic heterocycles. The second kappa shape index (κ2) is 4.07. The summed E-state index contributed by atoms with van der Waals surface area (Å²) >= 11 is 0. The molecule has 0 bridgehead atoms. The van der Waals surface area contributed by atoms with E-state index in [4.69, 9.17) is 4.74 Å². The van der Waals surface area contributed by atoms with Crippen LogP contribution in [0.1, 0.15) is 20.3 Å². The van der Waals surface area contributed by atoms with Gasteiger partial charge in [0.2, 0.25) is 0 Å². The fourth-order valence-electron chi connectivity index (χ4n) is 1.64. The molecule has 0 radical (unpaired) electrons. The molecule has 1 fully saturated rings. The SMILES string of the molecule is COCC(C(C)C)C1CCN1. The average molecular weight is 157 g/mol. The first-order valence-electron chi connectivity index (χ1n) is 4.48. The van der Waals surface area contributed by atoms with E-state index < -0.39 is 0 Å². The van der Waals surface area contributed by atoms with E-state index in [1.165, 1.54) is 13.0 Å². The van der Waals surface area contributed by atoms with Crippen LogP contribution in [0.15, 0.2) is 0 Å². The Bertz CT molecular complexity index is 110. The standard InChI is InChI=1S/C9H19NO/c1-7(2)8(6-11-3)9-4-5-10-9/h7-10H,4-6H2,1-3H3. The molecule has 2 unspecified atom stereocenters. The third kappa shape index (κ3) is 2.17. The molecule has 2 heteroatoms. The minimum atomic E-state index is 0.703. The van der Waals surface area contributed by atoms with Crippen LogP contribution in [-0.2, 0) is 4.74 Å². The van der Waals surface area contributed by atoms with E-state index in [2.05, 4.69) is 19.2 Å². The van der Waals surface area contributed by atoms with Gasteiger partial charge in [0, 0.05) is 13.2 Å². The molecule has 1 N–H and O–H groups in total. The Kier molecular flexibility index (Phi) is 3.34. The Hall–Kier alpha value is -0.0800. The second-order valence-corrected chi connectivity index (χ2v) is 3.71. The van der Waals surface area contributed by atoms with Gasteiger partial charge in [0.25, 0.3) is 0 Å². The summed E-state index contributed by atoms with van der Waals surface area (Å²) < 4.78 is 5.18. The van der Waals surface area contributed by atoms with Crippen molar-refractivity contribution in [2.45, 2.75) is 26.3 Å². The van der Waals surface area contributed by atoms with E-state index in [1.807, 2.05) is 0 Å². The molecule has 2 nitrogen and oxygen atoms in total. The maximum atomic E-state index is 5.18. The van der Waals surface area contributed by atoms with Crippen molar-refractivity contribution in [3.63, 3.8) is 0 Å². The minimum Gasteiger partial charge on any atom is -0.384 e. The monoisotopic (exact) mass is 157 g/mol. The Morgan fingerprint density at radius 2 is 2.18 bits per heavy atom. The Labute approximate surface area is 69.3 Å². The topological polar surface area (TPSA) is 21.3 Å². The highest BCUT2D eigenvalue weighted by Crippen LogP contribution is 2.21. The highest BCUT2D eigenvalue weighted by atomic mass is 16.5. The first kappa shape index (κ1) is 9.01. The number of methoxy groups -OCH3 is 1. The van der Waals surface area contributed by atoms with Gasteiger partial charge in [-0.15, -0.1) is 0 Å². The second-order valence-electron chi connectivity index (χ2n) is 3.71. The molecule has 11 heavy (non-hydrogen) atoms. The van der Waals surface area contributed by atoms with Crippen molar-refractivity contribution >= 4 is 0 Å². The van der Waals surface area contributed by atoms with Crippen molar-refractivity contribution < 1.29 is 4.74 Å². The van der Waals surface area contributed by atoms with Gasteiger partial charge in [-0.05, 0) is 24.8 Å². The molecule has 0 aliphatic carbocycles. The highest BCUT2D eigenvalue weighted by molar-refractivity contribution is 4.85. The van der Waals surface area contributed by atoms with E-state index in [0.29, 0.717) is 5.92 Å². The molecular formula is C9H19NO. The summed E-state index contributed by atoms with van der Waals surface area (Å²) in [6, 6.07) is 0.718. The lowest BCUT2D eigenvalue weighted by Gasteiger charge is -2.37. The van der Waals surface area contributed by atoms with Gasteiger partial charge in [-0.3, -0.25) is 0 Å². The molecule has 0 saturated carbocycles. The summed E-state index contributed by atoms with van der Waals surface area (Å²) in [5.41, 5.74) is 0. The number of hydrogen-bond donors (Lipinski definition) is 1. The fourth-order valence-corrected chi connectivity index (χ4v) is 1.64. The van der Waals surface area contributed by atoms with E-state index in [-0.39, 0.29) is 0 Å². The van der Waals surface area contributed by atoms with Crippen molar-refractivity contribution in [3.8, 4) is 0 Å². The number of rotatable bonds is 4. The third-order valence-corrected chi connectivity index (χ3v) is 2.59. The molecule has 1 aliphatic rings. The Morgan fingerprint density at radius 3 is 2.45 bits per heavy atom. The van der Waals surface area contributed by atoms with Crippen molar-refractivity contribution in [1.82, 2.24) is 5.32 Å². The fraction of sp³-hybridized carbons (Fsp3) is 1.00. The van der Waals surface area contributed by atoms with Crippen LogP contribution in [-0.4, -0.2) is 26.3 Å². The molecular weight excluding hydrogens is 138 g/mol. The van der Waals surface area contributed by atoms with E-state index in [0.717, 1.165) is 18.6 Å². The van der Waals surface area contributed by atoms with Gasteiger partial charge in [0.05, 0.1) is 6.61 Å². The van der Waals surface area contributed by atoms with E-state index in [9.17, 15) is 0 Å². The van der Waals surface area contributed by atoms with Gasteiger partial charge >= 0.3 is 0 Å². The zero-order valence-corrected chi connectivity index (χ0v) is 7.76. The molecule has 1 heterocycles. The predicted octanol–water partition coefficient (Wildman–Crippen LogP) is 1.27. The first-order valence-corrected chi connectivity index (χ1v) is 4.48. The predicted molar refractivity (Wildman–Crippen MR) is 46.6 cm³/mol. The quantitative estimate of drug-likeness (QED) is 0.663. The molecule has 1 saturated heterocycles. The number of nitrogens with one attached hydrogen (secondary N) is 1.